The van der Waals surface area contributed by atoms with Gasteiger partial charge in [0.25, 0.3) is 0 Å². The molecule has 2 nitrogen and oxygen atoms in total. The van der Waals surface area contributed by atoms with Gasteiger partial charge in [-0.3, -0.25) is 4.98 Å². The van der Waals surface area contributed by atoms with Crippen molar-refractivity contribution in [2.45, 2.75) is 6.54 Å². The highest BCUT2D eigenvalue weighted by atomic mass is 79.9. The van der Waals surface area contributed by atoms with Gasteiger partial charge in [-0.15, -0.1) is 0 Å². The van der Waals surface area contributed by atoms with E-state index in [2.05, 4.69) is 20.9 Å². The summed E-state index contributed by atoms with van der Waals surface area (Å²) in [5.41, 5.74) is 8.65. The summed E-state index contributed by atoms with van der Waals surface area (Å²) in [6, 6.07) is 12.1. The Morgan fingerprint density at radius 1 is 1.07 bits per heavy atom. The molecule has 0 atom stereocenters. The lowest BCUT2D eigenvalue weighted by atomic mass is 10.1. The Labute approximate surface area is 97.3 Å². The summed E-state index contributed by atoms with van der Waals surface area (Å²) in [4.78, 5) is 4.35. The lowest BCUT2D eigenvalue weighted by Crippen LogP contribution is -1.96. The third kappa shape index (κ3) is 2.43. The number of hydrogen-bond donors (Lipinski definition) is 1. The summed E-state index contributed by atoms with van der Waals surface area (Å²) in [5, 5.41) is 0. The van der Waals surface area contributed by atoms with Crippen molar-refractivity contribution in [3.05, 3.63) is 52.6 Å². The smallest absolute Gasteiger partial charge is 0.0702 e. The topological polar surface area (TPSA) is 38.9 Å². The Balaban J connectivity index is 2.33. The molecule has 0 amide bonds. The number of hydrogen-bond acceptors (Lipinski definition) is 2. The molecule has 0 unspecified atom stereocenters. The quantitative estimate of drug-likeness (QED) is 0.904. The highest BCUT2D eigenvalue weighted by Gasteiger charge is 1.98. The van der Waals surface area contributed by atoms with Crippen molar-refractivity contribution in [3.8, 4) is 11.3 Å². The van der Waals surface area contributed by atoms with Crippen LogP contribution in [-0.4, -0.2) is 4.98 Å². The second-order valence-corrected chi connectivity index (χ2v) is 4.18. The van der Waals surface area contributed by atoms with Crippen LogP contribution in [0, 0.1) is 0 Å². The fourth-order valence-electron chi connectivity index (χ4n) is 1.34. The molecule has 3 heteroatoms. The summed E-state index contributed by atoms with van der Waals surface area (Å²) in [7, 11) is 0. The third-order valence-electron chi connectivity index (χ3n) is 2.20. The molecule has 1 aromatic carbocycles. The molecule has 0 saturated heterocycles. The van der Waals surface area contributed by atoms with Crippen LogP contribution in [0.15, 0.2) is 47.1 Å². The van der Waals surface area contributed by atoms with Crippen LogP contribution in [0.4, 0.5) is 0 Å². The maximum Gasteiger partial charge on any atom is 0.0702 e. The third-order valence-corrected chi connectivity index (χ3v) is 2.73. The minimum atomic E-state index is 0.535. The maximum absolute atomic E-state index is 5.51. The summed E-state index contributed by atoms with van der Waals surface area (Å²) < 4.78 is 1.07. The minimum Gasteiger partial charge on any atom is -0.326 e. The number of nitrogens with two attached hydrogens (primary N) is 1. The molecule has 0 bridgehead atoms. The van der Waals surface area contributed by atoms with E-state index in [1.165, 1.54) is 0 Å². The molecule has 2 rings (SSSR count). The van der Waals surface area contributed by atoms with Crippen molar-refractivity contribution < 1.29 is 0 Å². The molecule has 0 radical (unpaired) electrons. The molecule has 1 aromatic heterocycles. The van der Waals surface area contributed by atoms with Crippen molar-refractivity contribution in [3.63, 3.8) is 0 Å². The van der Waals surface area contributed by atoms with Crippen LogP contribution in [0.1, 0.15) is 5.56 Å². The average molecular weight is 263 g/mol. The number of benzene rings is 1. The van der Waals surface area contributed by atoms with E-state index >= 15 is 0 Å². The number of nitrogens with zero attached hydrogens (tertiary/aromatic N) is 1. The molecule has 0 aliphatic rings. The molecule has 1 heterocycles. The van der Waals surface area contributed by atoms with E-state index in [-0.39, 0.29) is 0 Å². The summed E-state index contributed by atoms with van der Waals surface area (Å²) in [6.07, 6.45) is 1.82. The van der Waals surface area contributed by atoms with Gasteiger partial charge in [0.05, 0.1) is 5.69 Å². The highest BCUT2D eigenvalue weighted by molar-refractivity contribution is 9.10. The Kier molecular flexibility index (Phi) is 3.14. The minimum absolute atomic E-state index is 0.535. The zero-order valence-electron chi connectivity index (χ0n) is 8.15. The Morgan fingerprint density at radius 3 is 2.33 bits per heavy atom. The van der Waals surface area contributed by atoms with Gasteiger partial charge in [0.2, 0.25) is 0 Å². The largest absolute Gasteiger partial charge is 0.326 e. The predicted molar refractivity (Wildman–Crippen MR) is 65.3 cm³/mol. The first-order valence-corrected chi connectivity index (χ1v) is 5.50. The van der Waals surface area contributed by atoms with Gasteiger partial charge in [-0.2, -0.15) is 0 Å². The van der Waals surface area contributed by atoms with Crippen LogP contribution in [-0.2, 0) is 6.54 Å². The van der Waals surface area contributed by atoms with Gasteiger partial charge in [-0.05, 0) is 23.8 Å². The molecule has 0 spiro atoms. The van der Waals surface area contributed by atoms with E-state index in [1.807, 2.05) is 42.6 Å². The van der Waals surface area contributed by atoms with Gasteiger partial charge >= 0.3 is 0 Å². The van der Waals surface area contributed by atoms with Crippen LogP contribution in [0.25, 0.3) is 11.3 Å². The zero-order valence-corrected chi connectivity index (χ0v) is 9.74. The normalized spacial score (nSPS) is 10.3. The summed E-state index contributed by atoms with van der Waals surface area (Å²) >= 11 is 3.40. The lowest BCUT2D eigenvalue weighted by molar-refractivity contribution is 1.05. The van der Waals surface area contributed by atoms with Crippen LogP contribution < -0.4 is 5.73 Å². The van der Waals surface area contributed by atoms with Crippen LogP contribution in [0.2, 0.25) is 0 Å². The van der Waals surface area contributed by atoms with Gasteiger partial charge in [0, 0.05) is 22.8 Å². The van der Waals surface area contributed by atoms with E-state index in [9.17, 15) is 0 Å². The van der Waals surface area contributed by atoms with E-state index in [0.29, 0.717) is 6.54 Å². The molecular formula is C12H11BrN2. The van der Waals surface area contributed by atoms with Crippen LogP contribution in [0.3, 0.4) is 0 Å². The van der Waals surface area contributed by atoms with E-state index < -0.39 is 0 Å². The number of halogens is 1. The van der Waals surface area contributed by atoms with Crippen molar-refractivity contribution in [2.75, 3.05) is 0 Å². The molecule has 2 N–H and O–H groups in total. The van der Waals surface area contributed by atoms with E-state index in [4.69, 9.17) is 5.73 Å². The zero-order chi connectivity index (χ0) is 10.7. The fourth-order valence-corrected chi connectivity index (χ4v) is 1.60. The Morgan fingerprint density at radius 2 is 1.80 bits per heavy atom. The predicted octanol–water partition coefficient (Wildman–Crippen LogP) is 2.97. The van der Waals surface area contributed by atoms with Crippen molar-refractivity contribution >= 4 is 15.9 Å². The molecule has 0 aliphatic carbocycles. The molecule has 2 aromatic rings. The van der Waals surface area contributed by atoms with Gasteiger partial charge in [-0.1, -0.05) is 34.1 Å². The molecule has 0 saturated carbocycles. The second kappa shape index (κ2) is 4.55. The van der Waals surface area contributed by atoms with Crippen molar-refractivity contribution in [1.82, 2.24) is 4.98 Å². The molecule has 0 fully saturated rings. The van der Waals surface area contributed by atoms with Gasteiger partial charge in [0.1, 0.15) is 0 Å². The lowest BCUT2D eigenvalue weighted by Gasteiger charge is -2.02. The first-order chi connectivity index (χ1) is 7.29. The summed E-state index contributed by atoms with van der Waals surface area (Å²) in [5.74, 6) is 0. The van der Waals surface area contributed by atoms with E-state index in [0.717, 1.165) is 21.3 Å². The molecule has 0 aliphatic heterocycles. The highest BCUT2D eigenvalue weighted by Crippen LogP contribution is 2.19. The molecule has 15 heavy (non-hydrogen) atoms. The number of rotatable bonds is 2. The number of aromatic nitrogens is 1. The standard InChI is InChI=1S/C12H11BrN2/c13-11-4-2-10(3-5-11)12-6-1-9(7-14)8-15-12/h1-6,8H,7,14H2. The fraction of sp³-hybridized carbons (Fsp3) is 0.0833. The van der Waals surface area contributed by atoms with Crippen LogP contribution >= 0.6 is 15.9 Å². The number of pyridine rings is 1. The average Bonchev–Trinajstić information content (AvgIpc) is 2.30. The van der Waals surface area contributed by atoms with Gasteiger partial charge < -0.3 is 5.73 Å². The van der Waals surface area contributed by atoms with Crippen LogP contribution in [0.5, 0.6) is 0 Å². The maximum atomic E-state index is 5.51. The Bertz CT molecular complexity index is 434. The van der Waals surface area contributed by atoms with Crippen molar-refractivity contribution in [1.29, 1.82) is 0 Å². The Hall–Kier alpha value is -1.19. The molecular weight excluding hydrogens is 252 g/mol. The first kappa shape index (κ1) is 10.3. The SMILES string of the molecule is NCc1ccc(-c2ccc(Br)cc2)nc1. The second-order valence-electron chi connectivity index (χ2n) is 3.26. The molecule has 76 valence electrons. The first-order valence-electron chi connectivity index (χ1n) is 4.70. The van der Waals surface area contributed by atoms with E-state index in [1.54, 1.807) is 0 Å². The van der Waals surface area contributed by atoms with Gasteiger partial charge in [-0.25, -0.2) is 0 Å². The van der Waals surface area contributed by atoms with Gasteiger partial charge in [0.15, 0.2) is 0 Å². The summed E-state index contributed by atoms with van der Waals surface area (Å²) in [6.45, 7) is 0.535. The monoisotopic (exact) mass is 262 g/mol. The van der Waals surface area contributed by atoms with Crippen molar-refractivity contribution in [2.24, 2.45) is 5.73 Å².